The molecule has 0 saturated carbocycles. The Labute approximate surface area is 72.2 Å². The van der Waals surface area contributed by atoms with Crippen LogP contribution < -0.4 is 0 Å². The normalized spacial score (nSPS) is 15.2. The van der Waals surface area contributed by atoms with Gasteiger partial charge in [-0.15, -0.1) is 18.2 Å². The van der Waals surface area contributed by atoms with E-state index < -0.39 is 5.38 Å². The number of hydrogen-bond donors (Lipinski definition) is 0. The van der Waals surface area contributed by atoms with E-state index in [0.717, 1.165) is 0 Å². The zero-order valence-corrected chi connectivity index (χ0v) is 7.60. The van der Waals surface area contributed by atoms with Gasteiger partial charge in [0.1, 0.15) is 5.38 Å². The summed E-state index contributed by atoms with van der Waals surface area (Å²) in [5.41, 5.74) is 0. The van der Waals surface area contributed by atoms with E-state index in [0.29, 0.717) is 6.61 Å². The molecule has 2 nitrogen and oxygen atoms in total. The molecule has 0 bridgehead atoms. The van der Waals surface area contributed by atoms with Crippen molar-refractivity contribution in [3.63, 3.8) is 0 Å². The van der Waals surface area contributed by atoms with Crippen molar-refractivity contribution >= 4 is 17.6 Å². The van der Waals surface area contributed by atoms with E-state index in [1.165, 1.54) is 0 Å². The molecule has 0 aromatic carbocycles. The van der Waals surface area contributed by atoms with Crippen molar-refractivity contribution in [3.8, 4) is 0 Å². The fourth-order valence-electron chi connectivity index (χ4n) is 0.556. The highest BCUT2D eigenvalue weighted by Gasteiger charge is 2.20. The van der Waals surface area contributed by atoms with Crippen LogP contribution in [0.4, 0.5) is 0 Å². The quantitative estimate of drug-likeness (QED) is 0.372. The van der Waals surface area contributed by atoms with Gasteiger partial charge in [0.25, 0.3) is 0 Å². The number of esters is 1. The maximum atomic E-state index is 10.9. The minimum atomic E-state index is -0.604. The molecule has 0 aliphatic heterocycles. The average Bonchev–Trinajstić information content (AvgIpc) is 2.02. The molecule has 0 spiro atoms. The summed E-state index contributed by atoms with van der Waals surface area (Å²) in [5, 5.41) is -0.604. The molecule has 0 saturated heterocycles. The van der Waals surface area contributed by atoms with E-state index in [-0.39, 0.29) is 11.9 Å². The molecule has 64 valence electrons. The van der Waals surface area contributed by atoms with Gasteiger partial charge in [0.2, 0.25) is 0 Å². The van der Waals surface area contributed by atoms with Crippen molar-refractivity contribution in [1.82, 2.24) is 0 Å². The second kappa shape index (κ2) is 5.19. The first kappa shape index (κ1) is 10.5. The van der Waals surface area contributed by atoms with Gasteiger partial charge in [0.15, 0.2) is 0 Å². The summed E-state index contributed by atoms with van der Waals surface area (Å²) >= 11 is 5.71. The first-order valence-corrected chi connectivity index (χ1v) is 4.00. The van der Waals surface area contributed by atoms with E-state index in [1.807, 2.05) is 6.92 Å². The molecule has 11 heavy (non-hydrogen) atoms. The highest BCUT2D eigenvalue weighted by molar-refractivity contribution is 6.30. The highest BCUT2D eigenvalue weighted by Crippen LogP contribution is 2.12. The summed E-state index contributed by atoms with van der Waals surface area (Å²) in [6, 6.07) is 0. The van der Waals surface area contributed by atoms with Gasteiger partial charge in [0.05, 0.1) is 6.61 Å². The van der Waals surface area contributed by atoms with E-state index in [4.69, 9.17) is 16.3 Å². The summed E-state index contributed by atoms with van der Waals surface area (Å²) in [6.45, 7) is 7.47. The molecule has 0 amide bonds. The van der Waals surface area contributed by atoms with Crippen molar-refractivity contribution in [2.45, 2.75) is 19.2 Å². The largest absolute Gasteiger partial charge is 0.465 e. The van der Waals surface area contributed by atoms with Crippen molar-refractivity contribution in [1.29, 1.82) is 0 Å². The molecule has 0 unspecified atom stereocenters. The van der Waals surface area contributed by atoms with Gasteiger partial charge in [-0.05, 0) is 6.92 Å². The summed E-state index contributed by atoms with van der Waals surface area (Å²) in [5.74, 6) is -0.419. The monoisotopic (exact) mass is 176 g/mol. The molecule has 0 aromatic heterocycles. The van der Waals surface area contributed by atoms with Crippen LogP contribution >= 0.6 is 11.6 Å². The zero-order valence-electron chi connectivity index (χ0n) is 6.84. The molecule has 0 N–H and O–H groups in total. The van der Waals surface area contributed by atoms with Crippen molar-refractivity contribution < 1.29 is 9.53 Å². The Kier molecular flexibility index (Phi) is 4.95. The molecule has 0 rings (SSSR count). The van der Waals surface area contributed by atoms with Crippen LogP contribution in [-0.4, -0.2) is 18.0 Å². The van der Waals surface area contributed by atoms with Crippen LogP contribution in [0.1, 0.15) is 13.8 Å². The number of alkyl halides is 1. The van der Waals surface area contributed by atoms with Crippen LogP contribution in [-0.2, 0) is 9.53 Å². The molecule has 0 aromatic rings. The lowest BCUT2D eigenvalue weighted by molar-refractivity contribution is -0.143. The van der Waals surface area contributed by atoms with Crippen LogP contribution in [0.25, 0.3) is 0 Å². The Morgan fingerprint density at radius 2 is 2.36 bits per heavy atom. The molecular formula is C8H13ClO2. The van der Waals surface area contributed by atoms with Crippen LogP contribution in [0.5, 0.6) is 0 Å². The third kappa shape index (κ3) is 3.42. The lowest BCUT2D eigenvalue weighted by Crippen LogP contribution is -2.23. The SMILES string of the molecule is C=C[C@H](C)[C@@H](Cl)C(=O)OCC. The number of rotatable bonds is 4. The third-order valence-corrected chi connectivity index (χ3v) is 1.92. The predicted molar refractivity (Wildman–Crippen MR) is 45.6 cm³/mol. The van der Waals surface area contributed by atoms with Crippen LogP contribution in [0.3, 0.4) is 0 Å². The number of ether oxygens (including phenoxy) is 1. The van der Waals surface area contributed by atoms with Gasteiger partial charge in [-0.25, -0.2) is 0 Å². The average molecular weight is 177 g/mol. The third-order valence-electron chi connectivity index (χ3n) is 1.35. The lowest BCUT2D eigenvalue weighted by atomic mass is 10.1. The lowest BCUT2D eigenvalue weighted by Gasteiger charge is -2.11. The maximum Gasteiger partial charge on any atom is 0.324 e. The Morgan fingerprint density at radius 3 is 2.73 bits per heavy atom. The minimum absolute atomic E-state index is 0.0456. The standard InChI is InChI=1S/C8H13ClO2/c1-4-6(3)7(9)8(10)11-5-2/h4,6-7H,1,5H2,2-3H3/t6-,7+/m0/s1. The molecule has 2 atom stereocenters. The molecule has 0 radical (unpaired) electrons. The fraction of sp³-hybridized carbons (Fsp3) is 0.625. The van der Waals surface area contributed by atoms with Gasteiger partial charge < -0.3 is 4.74 Å². The summed E-state index contributed by atoms with van der Waals surface area (Å²) in [7, 11) is 0. The smallest absolute Gasteiger partial charge is 0.324 e. The van der Waals surface area contributed by atoms with Gasteiger partial charge in [-0.1, -0.05) is 13.0 Å². The highest BCUT2D eigenvalue weighted by atomic mass is 35.5. The Bertz CT molecular complexity index is 145. The topological polar surface area (TPSA) is 26.3 Å². The Morgan fingerprint density at radius 1 is 1.82 bits per heavy atom. The summed E-state index contributed by atoms with van der Waals surface area (Å²) < 4.78 is 4.71. The minimum Gasteiger partial charge on any atom is -0.465 e. The number of carbonyl (C=O) groups excluding carboxylic acids is 1. The van der Waals surface area contributed by atoms with Gasteiger partial charge in [-0.2, -0.15) is 0 Å². The molecular weight excluding hydrogens is 164 g/mol. The number of carbonyl (C=O) groups is 1. The second-order valence-corrected chi connectivity index (χ2v) is 2.72. The fourth-order valence-corrected chi connectivity index (χ4v) is 0.722. The van der Waals surface area contributed by atoms with E-state index in [1.54, 1.807) is 13.0 Å². The van der Waals surface area contributed by atoms with Crippen LogP contribution in [0.15, 0.2) is 12.7 Å². The Hall–Kier alpha value is -0.500. The van der Waals surface area contributed by atoms with E-state index >= 15 is 0 Å². The molecule has 3 heteroatoms. The summed E-state index contributed by atoms with van der Waals surface area (Å²) in [4.78, 5) is 10.9. The number of allylic oxidation sites excluding steroid dienone is 1. The molecule has 0 heterocycles. The second-order valence-electron chi connectivity index (χ2n) is 2.25. The maximum absolute atomic E-state index is 10.9. The zero-order chi connectivity index (χ0) is 8.85. The number of halogens is 1. The van der Waals surface area contributed by atoms with Crippen LogP contribution in [0.2, 0.25) is 0 Å². The van der Waals surface area contributed by atoms with E-state index in [9.17, 15) is 4.79 Å². The number of hydrogen-bond acceptors (Lipinski definition) is 2. The van der Waals surface area contributed by atoms with E-state index in [2.05, 4.69) is 6.58 Å². The van der Waals surface area contributed by atoms with Gasteiger partial charge in [-0.3, -0.25) is 4.79 Å². The molecule has 0 aliphatic rings. The van der Waals surface area contributed by atoms with Gasteiger partial charge in [0, 0.05) is 5.92 Å². The van der Waals surface area contributed by atoms with Crippen LogP contribution in [0, 0.1) is 5.92 Å². The summed E-state index contributed by atoms with van der Waals surface area (Å²) in [6.07, 6.45) is 1.63. The van der Waals surface area contributed by atoms with Crippen molar-refractivity contribution in [3.05, 3.63) is 12.7 Å². The van der Waals surface area contributed by atoms with Crippen molar-refractivity contribution in [2.24, 2.45) is 5.92 Å². The first-order chi connectivity index (χ1) is 5.13. The Balaban J connectivity index is 3.90. The van der Waals surface area contributed by atoms with Crippen molar-refractivity contribution in [2.75, 3.05) is 6.61 Å². The molecule has 0 fully saturated rings. The first-order valence-electron chi connectivity index (χ1n) is 3.56. The van der Waals surface area contributed by atoms with Gasteiger partial charge >= 0.3 is 5.97 Å². The molecule has 0 aliphatic carbocycles. The predicted octanol–water partition coefficient (Wildman–Crippen LogP) is 1.98.